The molecule has 0 radical (unpaired) electrons. The van der Waals surface area contributed by atoms with Gasteiger partial charge in [0.05, 0.1) is 10.6 Å². The molecule has 0 aliphatic carbocycles. The van der Waals surface area contributed by atoms with E-state index in [1.807, 2.05) is 0 Å². The van der Waals surface area contributed by atoms with Crippen molar-refractivity contribution >= 4 is 28.8 Å². The second-order valence-electron chi connectivity index (χ2n) is 2.76. The third kappa shape index (κ3) is 1.31. The van der Waals surface area contributed by atoms with Crippen LogP contribution in [0.3, 0.4) is 0 Å². The standard InChI is InChI=1S/C8H7NO3S/c10-5-1-2-9-4-3-6(8(11)12)13-7(4)5/h3,9H,1-2H2,(H,11,12). The Hall–Kier alpha value is -1.36. The van der Waals surface area contributed by atoms with E-state index in [-0.39, 0.29) is 10.7 Å². The number of anilines is 1. The molecule has 0 atom stereocenters. The first-order valence-corrected chi connectivity index (χ1v) is 4.64. The zero-order chi connectivity index (χ0) is 9.42. The highest BCUT2D eigenvalue weighted by molar-refractivity contribution is 7.16. The van der Waals surface area contributed by atoms with E-state index >= 15 is 0 Å². The molecule has 1 aliphatic heterocycles. The first kappa shape index (κ1) is 8.25. The lowest BCUT2D eigenvalue weighted by molar-refractivity contribution is 0.0702. The number of rotatable bonds is 1. The Labute approximate surface area is 78.2 Å². The molecule has 0 saturated heterocycles. The molecular weight excluding hydrogens is 190 g/mol. The maximum Gasteiger partial charge on any atom is 0.345 e. The smallest absolute Gasteiger partial charge is 0.345 e. The van der Waals surface area contributed by atoms with Gasteiger partial charge in [0.2, 0.25) is 0 Å². The summed E-state index contributed by atoms with van der Waals surface area (Å²) >= 11 is 1.04. The fourth-order valence-electron chi connectivity index (χ4n) is 1.26. The van der Waals surface area contributed by atoms with Gasteiger partial charge in [0, 0.05) is 13.0 Å². The van der Waals surface area contributed by atoms with Gasteiger partial charge in [-0.2, -0.15) is 0 Å². The Morgan fingerprint density at radius 1 is 1.62 bits per heavy atom. The summed E-state index contributed by atoms with van der Waals surface area (Å²) in [6.45, 7) is 0.599. The van der Waals surface area contributed by atoms with Crippen molar-refractivity contribution in [2.45, 2.75) is 6.42 Å². The summed E-state index contributed by atoms with van der Waals surface area (Å²) in [5.74, 6) is -0.944. The minimum absolute atomic E-state index is 0.0336. The predicted molar refractivity (Wildman–Crippen MR) is 48.7 cm³/mol. The largest absolute Gasteiger partial charge is 0.477 e. The number of carbonyl (C=O) groups excluding carboxylic acids is 1. The van der Waals surface area contributed by atoms with Gasteiger partial charge in [-0.3, -0.25) is 4.79 Å². The van der Waals surface area contributed by atoms with Gasteiger partial charge in [0.1, 0.15) is 4.88 Å². The van der Waals surface area contributed by atoms with E-state index in [9.17, 15) is 9.59 Å². The molecule has 2 N–H and O–H groups in total. The van der Waals surface area contributed by atoms with Gasteiger partial charge in [0.25, 0.3) is 0 Å². The predicted octanol–water partition coefficient (Wildman–Crippen LogP) is 1.44. The molecule has 13 heavy (non-hydrogen) atoms. The van der Waals surface area contributed by atoms with Crippen LogP contribution in [0.1, 0.15) is 25.8 Å². The molecule has 4 nitrogen and oxygen atoms in total. The van der Waals surface area contributed by atoms with Gasteiger partial charge >= 0.3 is 5.97 Å². The lowest BCUT2D eigenvalue weighted by Gasteiger charge is -2.11. The Balaban J connectivity index is 2.48. The SMILES string of the molecule is O=C(O)c1cc2c(s1)C(=O)CCN2. The summed E-state index contributed by atoms with van der Waals surface area (Å²) in [6, 6.07) is 1.51. The molecule has 0 saturated carbocycles. The van der Waals surface area contributed by atoms with Crippen LogP contribution in [0.5, 0.6) is 0 Å². The van der Waals surface area contributed by atoms with Crippen molar-refractivity contribution in [1.29, 1.82) is 0 Å². The second-order valence-corrected chi connectivity index (χ2v) is 3.81. The van der Waals surface area contributed by atoms with E-state index in [1.54, 1.807) is 0 Å². The molecule has 0 aromatic carbocycles. The number of hydrogen-bond donors (Lipinski definition) is 2. The molecule has 0 spiro atoms. The Bertz CT molecular complexity index is 383. The number of Topliss-reactive ketones (excluding diaryl/α,β-unsaturated/α-hetero) is 1. The number of thiophene rings is 1. The Morgan fingerprint density at radius 3 is 3.00 bits per heavy atom. The van der Waals surface area contributed by atoms with E-state index in [1.165, 1.54) is 6.07 Å². The zero-order valence-corrected chi connectivity index (χ0v) is 7.48. The number of nitrogens with one attached hydrogen (secondary N) is 1. The minimum atomic E-state index is -0.978. The van der Waals surface area contributed by atoms with Crippen molar-refractivity contribution in [1.82, 2.24) is 0 Å². The van der Waals surface area contributed by atoms with Crippen molar-refractivity contribution < 1.29 is 14.7 Å². The van der Waals surface area contributed by atoms with Crippen LogP contribution in [-0.2, 0) is 0 Å². The van der Waals surface area contributed by atoms with E-state index < -0.39 is 5.97 Å². The fourth-order valence-corrected chi connectivity index (χ4v) is 2.20. The average molecular weight is 197 g/mol. The third-order valence-corrected chi connectivity index (χ3v) is 3.03. The average Bonchev–Trinajstić information content (AvgIpc) is 2.49. The molecule has 0 bridgehead atoms. The molecule has 68 valence electrons. The maximum atomic E-state index is 11.3. The lowest BCUT2D eigenvalue weighted by Crippen LogP contribution is -2.15. The first-order chi connectivity index (χ1) is 6.18. The molecule has 1 aliphatic rings. The van der Waals surface area contributed by atoms with E-state index in [2.05, 4.69) is 5.32 Å². The van der Waals surface area contributed by atoms with Gasteiger partial charge < -0.3 is 10.4 Å². The first-order valence-electron chi connectivity index (χ1n) is 3.82. The van der Waals surface area contributed by atoms with Gasteiger partial charge in [0.15, 0.2) is 5.78 Å². The van der Waals surface area contributed by atoms with Gasteiger partial charge in [-0.1, -0.05) is 0 Å². The van der Waals surface area contributed by atoms with Crippen molar-refractivity contribution in [3.05, 3.63) is 15.8 Å². The van der Waals surface area contributed by atoms with E-state index in [4.69, 9.17) is 5.11 Å². The molecule has 0 fully saturated rings. The summed E-state index contributed by atoms with van der Waals surface area (Å²) in [7, 11) is 0. The van der Waals surface area contributed by atoms with Crippen LogP contribution >= 0.6 is 11.3 Å². The van der Waals surface area contributed by atoms with Crippen LogP contribution in [0, 0.1) is 0 Å². The number of fused-ring (bicyclic) bond motifs is 1. The quantitative estimate of drug-likeness (QED) is 0.715. The number of hydrogen-bond acceptors (Lipinski definition) is 4. The molecule has 5 heteroatoms. The second kappa shape index (κ2) is 2.85. The molecular formula is C8H7NO3S. The van der Waals surface area contributed by atoms with Crippen molar-refractivity contribution in [3.63, 3.8) is 0 Å². The summed E-state index contributed by atoms with van der Waals surface area (Å²) in [5.41, 5.74) is 0.665. The highest BCUT2D eigenvalue weighted by atomic mass is 32.1. The molecule has 0 amide bonds. The van der Waals surface area contributed by atoms with Crippen molar-refractivity contribution in [2.75, 3.05) is 11.9 Å². The normalized spacial score (nSPS) is 14.9. The summed E-state index contributed by atoms with van der Waals surface area (Å²) in [6.07, 6.45) is 0.451. The topological polar surface area (TPSA) is 66.4 Å². The molecule has 1 aromatic heterocycles. The summed E-state index contributed by atoms with van der Waals surface area (Å²) < 4.78 is 0. The van der Waals surface area contributed by atoms with E-state index in [0.29, 0.717) is 23.5 Å². The van der Waals surface area contributed by atoms with Crippen LogP contribution in [-0.4, -0.2) is 23.4 Å². The Kier molecular flexibility index (Phi) is 1.81. The van der Waals surface area contributed by atoms with Gasteiger partial charge in [-0.05, 0) is 6.07 Å². The molecule has 2 rings (SSSR count). The molecule has 0 unspecified atom stereocenters. The number of carbonyl (C=O) groups is 2. The van der Waals surface area contributed by atoms with Gasteiger partial charge in [-0.15, -0.1) is 11.3 Å². The van der Waals surface area contributed by atoms with Crippen LogP contribution in [0.2, 0.25) is 0 Å². The number of carboxylic acid groups (broad SMARTS) is 1. The minimum Gasteiger partial charge on any atom is -0.477 e. The summed E-state index contributed by atoms with van der Waals surface area (Å²) in [5, 5.41) is 11.7. The molecule has 1 aromatic rings. The summed E-state index contributed by atoms with van der Waals surface area (Å²) in [4.78, 5) is 22.7. The lowest BCUT2D eigenvalue weighted by atomic mass is 10.1. The fraction of sp³-hybridized carbons (Fsp3) is 0.250. The van der Waals surface area contributed by atoms with Crippen molar-refractivity contribution in [3.8, 4) is 0 Å². The monoisotopic (exact) mass is 197 g/mol. The molecule has 2 heterocycles. The van der Waals surface area contributed by atoms with Crippen LogP contribution < -0.4 is 5.32 Å². The van der Waals surface area contributed by atoms with Crippen molar-refractivity contribution in [2.24, 2.45) is 0 Å². The number of aromatic carboxylic acids is 1. The van der Waals surface area contributed by atoms with Crippen LogP contribution in [0.25, 0.3) is 0 Å². The van der Waals surface area contributed by atoms with Crippen LogP contribution in [0.15, 0.2) is 6.07 Å². The van der Waals surface area contributed by atoms with Gasteiger partial charge in [-0.25, -0.2) is 4.79 Å². The zero-order valence-electron chi connectivity index (χ0n) is 6.66. The van der Waals surface area contributed by atoms with Crippen LogP contribution in [0.4, 0.5) is 5.69 Å². The number of ketones is 1. The Morgan fingerprint density at radius 2 is 2.38 bits per heavy atom. The highest BCUT2D eigenvalue weighted by Gasteiger charge is 2.22. The highest BCUT2D eigenvalue weighted by Crippen LogP contribution is 2.30. The number of carboxylic acids is 1. The third-order valence-electron chi connectivity index (χ3n) is 1.86. The maximum absolute atomic E-state index is 11.3. The van der Waals surface area contributed by atoms with E-state index in [0.717, 1.165) is 11.3 Å².